The van der Waals surface area contributed by atoms with Crippen LogP contribution >= 0.6 is 0 Å². The number of hydrogen-bond acceptors (Lipinski definition) is 3. The topological polar surface area (TPSA) is 84.4 Å². The summed E-state index contributed by atoms with van der Waals surface area (Å²) in [6.07, 6.45) is 3.83. The molecule has 0 saturated heterocycles. The number of aryl methyl sites for hydroxylation is 2. The van der Waals surface area contributed by atoms with Crippen LogP contribution < -0.4 is 0 Å². The van der Waals surface area contributed by atoms with Crippen LogP contribution in [-0.4, -0.2) is 0 Å². The van der Waals surface area contributed by atoms with Crippen molar-refractivity contribution in [3.63, 3.8) is 0 Å². The van der Waals surface area contributed by atoms with Crippen LogP contribution in [0.15, 0.2) is 64.6 Å². The Labute approximate surface area is 260 Å². The molecule has 0 bridgehead atoms. The van der Waals surface area contributed by atoms with Crippen LogP contribution in [0.1, 0.15) is 61.8 Å². The summed E-state index contributed by atoms with van der Waals surface area (Å²) in [5.41, 5.74) is 10.0. The first-order valence-corrected chi connectivity index (χ1v) is 15.0. The average Bonchev–Trinajstić information content (AvgIpc) is 3.68. The van der Waals surface area contributed by atoms with Crippen LogP contribution in [-0.2, 0) is 0 Å². The first kappa shape index (κ1) is 30.1. The van der Waals surface area contributed by atoms with Crippen LogP contribution in [0.3, 0.4) is 0 Å². The summed E-state index contributed by atoms with van der Waals surface area (Å²) in [5, 5.41) is 28.2. The zero-order valence-electron chi connectivity index (χ0n) is 25.4. The van der Waals surface area contributed by atoms with Gasteiger partial charge in [0.2, 0.25) is 0 Å². The van der Waals surface area contributed by atoms with Crippen molar-refractivity contribution in [3.8, 4) is 29.3 Å². The van der Waals surface area contributed by atoms with Crippen LogP contribution in [0.25, 0.3) is 31.2 Å². The Bertz CT molecular complexity index is 1720. The second-order valence-electron chi connectivity index (χ2n) is 12.7. The Hall–Kier alpha value is -5.40. The number of benzene rings is 2. The van der Waals surface area contributed by atoms with E-state index in [0.717, 1.165) is 75.8 Å². The molecule has 2 aromatic rings. The molecule has 6 nitrogen and oxygen atoms in total. The molecule has 6 heteroatoms. The maximum absolute atomic E-state index is 9.48. The minimum Gasteiger partial charge on any atom is -0.227 e. The van der Waals surface area contributed by atoms with Gasteiger partial charge in [0.25, 0.3) is 17.1 Å². The van der Waals surface area contributed by atoms with Crippen molar-refractivity contribution in [2.75, 3.05) is 0 Å². The first-order chi connectivity index (χ1) is 21.2. The number of hydrogen-bond donors (Lipinski definition) is 0. The lowest BCUT2D eigenvalue weighted by atomic mass is 9.63. The van der Waals surface area contributed by atoms with Crippen molar-refractivity contribution in [1.29, 1.82) is 15.8 Å². The maximum atomic E-state index is 9.48. The summed E-state index contributed by atoms with van der Waals surface area (Å²) in [4.78, 5) is 10.5. The van der Waals surface area contributed by atoms with Crippen LogP contribution in [0.2, 0.25) is 0 Å². The molecule has 0 spiro atoms. The third-order valence-electron chi connectivity index (χ3n) is 9.81. The highest BCUT2D eigenvalue weighted by Crippen LogP contribution is 2.61. The van der Waals surface area contributed by atoms with Crippen molar-refractivity contribution in [1.82, 2.24) is 0 Å². The minimum absolute atomic E-state index is 0.162. The zero-order chi connectivity index (χ0) is 31.7. The molecule has 6 rings (SSSR count). The summed E-state index contributed by atoms with van der Waals surface area (Å²) >= 11 is 0. The van der Waals surface area contributed by atoms with E-state index in [1.165, 1.54) is 0 Å². The van der Waals surface area contributed by atoms with E-state index in [2.05, 4.69) is 76.9 Å². The average molecular weight is 573 g/mol. The van der Waals surface area contributed by atoms with E-state index in [1.807, 2.05) is 19.9 Å². The molecule has 4 atom stereocenters. The van der Waals surface area contributed by atoms with E-state index >= 15 is 0 Å². The molecule has 44 heavy (non-hydrogen) atoms. The first-order valence-electron chi connectivity index (χ1n) is 15.0. The van der Waals surface area contributed by atoms with E-state index in [0.29, 0.717) is 11.8 Å². The van der Waals surface area contributed by atoms with Gasteiger partial charge in [-0.2, -0.15) is 0 Å². The van der Waals surface area contributed by atoms with E-state index in [-0.39, 0.29) is 40.8 Å². The molecular weight excluding hydrogens is 540 g/mol. The molecule has 214 valence electrons. The SMILES string of the molecule is [C-]#[N+]C(C#N)=C1C2CC(C)CC2C(=C(C#N)[N+]#[C-])C2CC(C)CC12.[C-]#[N+]C(C#N)=C1c2cc(C)ccc2-c2ccc(C)cc21. The van der Waals surface area contributed by atoms with E-state index in [4.69, 9.17) is 19.7 Å². The Morgan fingerprint density at radius 1 is 0.591 bits per heavy atom. The number of nitriles is 3. The predicted molar refractivity (Wildman–Crippen MR) is 169 cm³/mol. The highest BCUT2D eigenvalue weighted by Gasteiger charge is 2.52. The zero-order valence-corrected chi connectivity index (χ0v) is 25.4. The fourth-order valence-corrected chi connectivity index (χ4v) is 8.26. The highest BCUT2D eigenvalue weighted by atomic mass is 14.7. The number of rotatable bonds is 0. The third-order valence-corrected chi connectivity index (χ3v) is 9.81. The molecule has 0 amide bonds. The molecule has 4 unspecified atom stereocenters. The van der Waals surface area contributed by atoms with Crippen LogP contribution in [0.4, 0.5) is 0 Å². The van der Waals surface area contributed by atoms with Gasteiger partial charge in [0.15, 0.2) is 0 Å². The molecule has 0 aliphatic heterocycles. The number of allylic oxidation sites excluding steroid dienone is 5. The standard InChI is InChI=1S/C20H20N4.C18H12N2/c1-11-5-13-14(6-11)20(18(10-22)24-4)16-8-12(2)7-15(16)19(13)17(9-21)23-3;1-11-4-6-13-14-7-5-12(2)9-16(14)18(15(13)8-11)17(10-19)20-3/h11-16H,5-8H2,1-2H3;4-9H,1-2H3. The van der Waals surface area contributed by atoms with Crippen molar-refractivity contribution >= 4 is 5.57 Å². The van der Waals surface area contributed by atoms with Gasteiger partial charge < -0.3 is 0 Å². The third kappa shape index (κ3) is 4.97. The molecule has 4 aliphatic rings. The van der Waals surface area contributed by atoms with Crippen LogP contribution in [0.5, 0.6) is 0 Å². The Kier molecular flexibility index (Phi) is 8.25. The van der Waals surface area contributed by atoms with Gasteiger partial charge in [-0.05, 0) is 108 Å². The summed E-state index contributed by atoms with van der Waals surface area (Å²) in [7, 11) is 0. The molecule has 3 fully saturated rings. The quantitative estimate of drug-likeness (QED) is 0.199. The maximum Gasteiger partial charge on any atom is 0.270 e. The minimum atomic E-state index is 0.162. The van der Waals surface area contributed by atoms with E-state index < -0.39 is 0 Å². The van der Waals surface area contributed by atoms with E-state index in [9.17, 15) is 15.8 Å². The smallest absolute Gasteiger partial charge is 0.227 e. The fraction of sp³-hybridized carbons (Fsp3) is 0.368. The second kappa shape index (κ2) is 12.1. The number of fused-ring (bicyclic) bond motifs is 5. The van der Waals surface area contributed by atoms with E-state index in [1.54, 1.807) is 0 Å². The van der Waals surface area contributed by atoms with Gasteiger partial charge in [0.05, 0.1) is 37.9 Å². The molecule has 0 N–H and O–H groups in total. The summed E-state index contributed by atoms with van der Waals surface area (Å²) in [6.45, 7) is 30.6. The summed E-state index contributed by atoms with van der Waals surface area (Å²) in [6, 6.07) is 18.7. The molecule has 2 aromatic carbocycles. The predicted octanol–water partition coefficient (Wildman–Crippen LogP) is 9.20. The van der Waals surface area contributed by atoms with Gasteiger partial charge in [-0.1, -0.05) is 61.4 Å². The molecule has 0 heterocycles. The monoisotopic (exact) mass is 572 g/mol. The van der Waals surface area contributed by atoms with Gasteiger partial charge in [0, 0.05) is 5.57 Å². The van der Waals surface area contributed by atoms with Crippen LogP contribution in [0, 0.1) is 103 Å². The lowest BCUT2D eigenvalue weighted by Gasteiger charge is -2.41. The fourth-order valence-electron chi connectivity index (χ4n) is 8.26. The molecule has 0 aromatic heterocycles. The lowest BCUT2D eigenvalue weighted by molar-refractivity contribution is 0.313. The molecular formula is C38H32N6. The molecule has 3 saturated carbocycles. The molecule has 4 aliphatic carbocycles. The Morgan fingerprint density at radius 3 is 1.23 bits per heavy atom. The molecule has 0 radical (unpaired) electrons. The largest absolute Gasteiger partial charge is 0.270 e. The van der Waals surface area contributed by atoms with Crippen molar-refractivity contribution < 1.29 is 0 Å². The number of nitrogens with zero attached hydrogens (tertiary/aromatic N) is 6. The summed E-state index contributed by atoms with van der Waals surface area (Å²) < 4.78 is 0. The summed E-state index contributed by atoms with van der Waals surface area (Å²) in [5.74, 6) is 1.65. The Balaban J connectivity index is 0.000000177. The van der Waals surface area contributed by atoms with Crippen molar-refractivity contribution in [2.24, 2.45) is 35.5 Å². The van der Waals surface area contributed by atoms with Crippen molar-refractivity contribution in [3.05, 3.63) is 121 Å². The van der Waals surface area contributed by atoms with Crippen molar-refractivity contribution in [2.45, 2.75) is 53.4 Å². The second-order valence-corrected chi connectivity index (χ2v) is 12.7. The van der Waals surface area contributed by atoms with Gasteiger partial charge in [0.1, 0.15) is 0 Å². The van der Waals surface area contributed by atoms with Gasteiger partial charge in [-0.3, -0.25) is 0 Å². The normalized spacial score (nSPS) is 25.1. The van der Waals surface area contributed by atoms with Gasteiger partial charge in [-0.15, -0.1) is 0 Å². The highest BCUT2D eigenvalue weighted by molar-refractivity contribution is 6.03. The van der Waals surface area contributed by atoms with Gasteiger partial charge in [-0.25, -0.2) is 30.3 Å². The van der Waals surface area contributed by atoms with Gasteiger partial charge >= 0.3 is 0 Å². The Morgan fingerprint density at radius 2 is 0.932 bits per heavy atom. The lowest BCUT2D eigenvalue weighted by Crippen LogP contribution is -2.32.